The van der Waals surface area contributed by atoms with Gasteiger partial charge in [0.05, 0.1) is 12.7 Å². The van der Waals surface area contributed by atoms with Crippen LogP contribution in [0.5, 0.6) is 0 Å². The van der Waals surface area contributed by atoms with Gasteiger partial charge in [-0.1, -0.05) is 12.1 Å². The minimum Gasteiger partial charge on any atom is -0.465 e. The Morgan fingerprint density at radius 3 is 2.58 bits per heavy atom. The van der Waals surface area contributed by atoms with Gasteiger partial charge in [-0.15, -0.1) is 0 Å². The lowest BCUT2D eigenvalue weighted by Gasteiger charge is -2.06. The normalized spacial score (nSPS) is 10.0. The summed E-state index contributed by atoms with van der Waals surface area (Å²) in [6, 6.07) is 11.1. The Hall–Kier alpha value is -1.88. The van der Waals surface area contributed by atoms with Crippen LogP contribution < -0.4 is 5.32 Å². The molecule has 2 rings (SSSR count). The lowest BCUT2D eigenvalue weighted by Crippen LogP contribution is -2.03. The van der Waals surface area contributed by atoms with Gasteiger partial charge in [-0.05, 0) is 45.8 Å². The van der Waals surface area contributed by atoms with E-state index in [9.17, 15) is 4.79 Å². The van der Waals surface area contributed by atoms with E-state index in [2.05, 4.69) is 31.0 Å². The number of hydrogen-bond donors (Lipinski definition) is 1. The van der Waals surface area contributed by atoms with E-state index < -0.39 is 0 Å². The van der Waals surface area contributed by atoms with Crippen molar-refractivity contribution in [3.8, 4) is 0 Å². The third-order valence-electron chi connectivity index (χ3n) is 2.58. The fourth-order valence-electron chi connectivity index (χ4n) is 1.55. The van der Waals surface area contributed by atoms with Crippen LogP contribution in [0.3, 0.4) is 0 Å². The highest BCUT2D eigenvalue weighted by molar-refractivity contribution is 9.10. The van der Waals surface area contributed by atoms with E-state index in [4.69, 9.17) is 0 Å². The van der Waals surface area contributed by atoms with Gasteiger partial charge in [0.2, 0.25) is 0 Å². The van der Waals surface area contributed by atoms with E-state index in [1.807, 2.05) is 24.3 Å². The number of nitrogens with one attached hydrogen (secondary N) is 1. The number of benzene rings is 1. The van der Waals surface area contributed by atoms with Crippen molar-refractivity contribution in [2.45, 2.75) is 6.54 Å². The van der Waals surface area contributed by atoms with Crippen LogP contribution in [0.4, 0.5) is 5.82 Å². The smallest absolute Gasteiger partial charge is 0.337 e. The molecule has 0 saturated heterocycles. The van der Waals surface area contributed by atoms with Crippen LogP contribution in [0.2, 0.25) is 0 Å². The quantitative estimate of drug-likeness (QED) is 0.879. The Balaban J connectivity index is 1.96. The van der Waals surface area contributed by atoms with Crippen LogP contribution in [-0.4, -0.2) is 18.1 Å². The average Bonchev–Trinajstić information content (AvgIpc) is 2.46. The monoisotopic (exact) mass is 320 g/mol. The number of aromatic nitrogens is 1. The maximum Gasteiger partial charge on any atom is 0.337 e. The van der Waals surface area contributed by atoms with Crippen LogP contribution in [-0.2, 0) is 11.3 Å². The first-order valence-electron chi connectivity index (χ1n) is 5.72. The van der Waals surface area contributed by atoms with Crippen LogP contribution >= 0.6 is 15.9 Å². The second kappa shape index (κ2) is 6.33. The third-order valence-corrected chi connectivity index (χ3v) is 3.05. The molecule has 0 fully saturated rings. The van der Waals surface area contributed by atoms with Crippen molar-refractivity contribution in [3.63, 3.8) is 0 Å². The summed E-state index contributed by atoms with van der Waals surface area (Å²) in [5, 5.41) is 3.20. The number of halogens is 1. The molecule has 5 heteroatoms. The standard InChI is InChI=1S/C14H13BrN2O2/c1-19-14(18)11-4-2-10(3-5-11)8-16-13-7-6-12(15)9-17-13/h2-7,9H,8H2,1H3,(H,16,17). The van der Waals surface area contributed by atoms with Gasteiger partial charge < -0.3 is 10.1 Å². The zero-order valence-electron chi connectivity index (χ0n) is 10.4. The molecule has 1 aromatic heterocycles. The molecule has 0 spiro atoms. The summed E-state index contributed by atoms with van der Waals surface area (Å²) >= 11 is 3.34. The first-order chi connectivity index (χ1) is 9.19. The molecule has 0 saturated carbocycles. The lowest BCUT2D eigenvalue weighted by atomic mass is 10.1. The van der Waals surface area contributed by atoms with Crippen molar-refractivity contribution in [2.75, 3.05) is 12.4 Å². The maximum atomic E-state index is 11.3. The highest BCUT2D eigenvalue weighted by atomic mass is 79.9. The second-order valence-corrected chi connectivity index (χ2v) is 4.82. The molecule has 1 aromatic carbocycles. The van der Waals surface area contributed by atoms with Gasteiger partial charge in [0, 0.05) is 17.2 Å². The summed E-state index contributed by atoms with van der Waals surface area (Å²) in [5.74, 6) is 0.481. The molecule has 1 heterocycles. The highest BCUT2D eigenvalue weighted by Crippen LogP contribution is 2.12. The molecule has 0 atom stereocenters. The van der Waals surface area contributed by atoms with E-state index >= 15 is 0 Å². The Kier molecular flexibility index (Phi) is 4.52. The zero-order valence-corrected chi connectivity index (χ0v) is 12.0. The van der Waals surface area contributed by atoms with Gasteiger partial charge in [0.1, 0.15) is 5.82 Å². The summed E-state index contributed by atoms with van der Waals surface area (Å²) < 4.78 is 5.59. The molecule has 0 aliphatic heterocycles. The Morgan fingerprint density at radius 2 is 2.00 bits per heavy atom. The predicted molar refractivity (Wildman–Crippen MR) is 77.0 cm³/mol. The van der Waals surface area contributed by atoms with Crippen LogP contribution in [0.25, 0.3) is 0 Å². The number of hydrogen-bond acceptors (Lipinski definition) is 4. The van der Waals surface area contributed by atoms with Crippen LogP contribution in [0, 0.1) is 0 Å². The summed E-state index contributed by atoms with van der Waals surface area (Å²) in [7, 11) is 1.37. The summed E-state index contributed by atoms with van der Waals surface area (Å²) in [6.07, 6.45) is 1.74. The van der Waals surface area contributed by atoms with Crippen LogP contribution in [0.1, 0.15) is 15.9 Å². The van der Waals surface area contributed by atoms with Gasteiger partial charge >= 0.3 is 5.97 Å². The fraction of sp³-hybridized carbons (Fsp3) is 0.143. The van der Waals surface area contributed by atoms with E-state index in [1.165, 1.54) is 7.11 Å². The number of anilines is 1. The number of rotatable bonds is 4. The average molecular weight is 321 g/mol. The van der Waals surface area contributed by atoms with Crippen molar-refractivity contribution in [2.24, 2.45) is 0 Å². The molecule has 2 aromatic rings. The zero-order chi connectivity index (χ0) is 13.7. The molecule has 1 N–H and O–H groups in total. The molecular weight excluding hydrogens is 308 g/mol. The third kappa shape index (κ3) is 3.79. The first kappa shape index (κ1) is 13.5. The molecule has 4 nitrogen and oxygen atoms in total. The summed E-state index contributed by atoms with van der Waals surface area (Å²) in [4.78, 5) is 15.5. The topological polar surface area (TPSA) is 51.2 Å². The van der Waals surface area contributed by atoms with Crippen molar-refractivity contribution >= 4 is 27.7 Å². The Labute approximate surface area is 119 Å². The van der Waals surface area contributed by atoms with E-state index in [0.717, 1.165) is 15.9 Å². The van der Waals surface area contributed by atoms with Gasteiger partial charge in [-0.25, -0.2) is 9.78 Å². The number of ether oxygens (including phenoxy) is 1. The highest BCUT2D eigenvalue weighted by Gasteiger charge is 2.04. The predicted octanol–water partition coefficient (Wildman–Crippen LogP) is 3.24. The number of methoxy groups -OCH3 is 1. The second-order valence-electron chi connectivity index (χ2n) is 3.90. The number of nitrogens with zero attached hydrogens (tertiary/aromatic N) is 1. The Morgan fingerprint density at radius 1 is 1.26 bits per heavy atom. The Bertz CT molecular complexity index is 553. The first-order valence-corrected chi connectivity index (χ1v) is 6.51. The van der Waals surface area contributed by atoms with Crippen molar-refractivity contribution < 1.29 is 9.53 Å². The van der Waals surface area contributed by atoms with Gasteiger partial charge in [0.25, 0.3) is 0 Å². The van der Waals surface area contributed by atoms with Crippen molar-refractivity contribution in [1.82, 2.24) is 4.98 Å². The molecule has 0 amide bonds. The molecule has 0 aliphatic carbocycles. The van der Waals surface area contributed by atoms with E-state index in [-0.39, 0.29) is 5.97 Å². The largest absolute Gasteiger partial charge is 0.465 e. The van der Waals surface area contributed by atoms with Gasteiger partial charge in [0.15, 0.2) is 0 Å². The van der Waals surface area contributed by atoms with Gasteiger partial charge in [-0.3, -0.25) is 0 Å². The molecular formula is C14H13BrN2O2. The van der Waals surface area contributed by atoms with Crippen molar-refractivity contribution in [3.05, 3.63) is 58.2 Å². The van der Waals surface area contributed by atoms with Crippen LogP contribution in [0.15, 0.2) is 47.1 Å². The summed E-state index contributed by atoms with van der Waals surface area (Å²) in [6.45, 7) is 0.649. The lowest BCUT2D eigenvalue weighted by molar-refractivity contribution is 0.0600. The fourth-order valence-corrected chi connectivity index (χ4v) is 1.78. The molecule has 0 unspecified atom stereocenters. The number of carbonyl (C=O) groups is 1. The van der Waals surface area contributed by atoms with Crippen molar-refractivity contribution in [1.29, 1.82) is 0 Å². The molecule has 0 radical (unpaired) electrons. The molecule has 0 bridgehead atoms. The van der Waals surface area contributed by atoms with E-state index in [1.54, 1.807) is 18.3 Å². The van der Waals surface area contributed by atoms with Gasteiger partial charge in [-0.2, -0.15) is 0 Å². The number of carbonyl (C=O) groups excluding carboxylic acids is 1. The molecule has 0 aliphatic rings. The SMILES string of the molecule is COC(=O)c1ccc(CNc2ccc(Br)cn2)cc1. The van der Waals surface area contributed by atoms with E-state index in [0.29, 0.717) is 12.1 Å². The minimum absolute atomic E-state index is 0.325. The maximum absolute atomic E-state index is 11.3. The number of esters is 1. The minimum atomic E-state index is -0.325. The molecule has 19 heavy (non-hydrogen) atoms. The molecule has 98 valence electrons. The number of pyridine rings is 1. The summed E-state index contributed by atoms with van der Waals surface area (Å²) in [5.41, 5.74) is 1.62.